The molecule has 2 amide bonds. The van der Waals surface area contributed by atoms with Gasteiger partial charge in [0.05, 0.1) is 23.5 Å². The van der Waals surface area contributed by atoms with Gasteiger partial charge in [0.2, 0.25) is 21.8 Å². The van der Waals surface area contributed by atoms with Crippen molar-refractivity contribution in [3.05, 3.63) is 59.1 Å². The van der Waals surface area contributed by atoms with E-state index >= 15 is 0 Å². The normalized spacial score (nSPS) is 18.7. The van der Waals surface area contributed by atoms with Crippen molar-refractivity contribution < 1.29 is 18.0 Å². The van der Waals surface area contributed by atoms with Gasteiger partial charge in [-0.25, -0.2) is 8.42 Å². The van der Waals surface area contributed by atoms with Crippen LogP contribution < -0.4 is 14.5 Å². The molecule has 1 aliphatic carbocycles. The molecule has 0 unspecified atom stereocenters. The average molecular weight is 602 g/mol. The number of rotatable bonds is 10. The molecule has 1 N–H and O–H groups in total. The van der Waals surface area contributed by atoms with Crippen LogP contribution in [-0.2, 0) is 26.0 Å². The first-order chi connectivity index (χ1) is 19.7. The van der Waals surface area contributed by atoms with Crippen molar-refractivity contribution in [3.63, 3.8) is 0 Å². The number of hydrogen-bond donors (Lipinski definition) is 1. The van der Waals surface area contributed by atoms with Crippen molar-refractivity contribution in [2.45, 2.75) is 25.7 Å². The third-order valence-electron chi connectivity index (χ3n) is 8.24. The molecule has 0 radical (unpaired) electrons. The summed E-state index contributed by atoms with van der Waals surface area (Å²) in [5, 5.41) is 3.90. The van der Waals surface area contributed by atoms with Gasteiger partial charge in [-0.05, 0) is 55.0 Å². The lowest BCUT2D eigenvalue weighted by molar-refractivity contribution is -0.141. The second-order valence-electron chi connectivity index (χ2n) is 11.4. The molecule has 0 bridgehead atoms. The Balaban J connectivity index is 1.28. The molecule has 1 atom stereocenters. The molecule has 1 saturated carbocycles. The maximum absolute atomic E-state index is 13.9. The highest BCUT2D eigenvalue weighted by Crippen LogP contribution is 2.37. The van der Waals surface area contributed by atoms with E-state index in [1.165, 1.54) is 6.26 Å². The first kappa shape index (κ1) is 29.7. The SMILES string of the molecule is CS(=O)(=O)N(CC1CC1)c1ccccc1N1CCN(C(=O)[C@H](CC(=O)N2CCNCC2)Cc2ccc(Cl)cc2)CC1. The summed E-state index contributed by atoms with van der Waals surface area (Å²) in [7, 11) is -3.43. The molecular weight excluding hydrogens is 562 g/mol. The molecule has 11 heteroatoms. The number of sulfonamides is 1. The second-order valence-corrected chi connectivity index (χ2v) is 13.7. The number of halogens is 1. The zero-order valence-corrected chi connectivity index (χ0v) is 25.2. The molecule has 2 saturated heterocycles. The van der Waals surface area contributed by atoms with Crippen LogP contribution in [0.5, 0.6) is 0 Å². The van der Waals surface area contributed by atoms with E-state index in [1.54, 1.807) is 4.31 Å². The number of para-hydroxylation sites is 2. The highest BCUT2D eigenvalue weighted by atomic mass is 35.5. The number of anilines is 2. The van der Waals surface area contributed by atoms with E-state index in [0.29, 0.717) is 68.9 Å². The quantitative estimate of drug-likeness (QED) is 0.450. The molecule has 5 rings (SSSR count). The van der Waals surface area contributed by atoms with Crippen LogP contribution in [-0.4, -0.2) is 95.2 Å². The van der Waals surface area contributed by atoms with Crippen LogP contribution in [0.2, 0.25) is 5.02 Å². The van der Waals surface area contributed by atoms with Gasteiger partial charge in [0.1, 0.15) is 0 Å². The maximum Gasteiger partial charge on any atom is 0.232 e. The Hall–Kier alpha value is -2.82. The molecule has 0 aromatic heterocycles. The van der Waals surface area contributed by atoms with E-state index in [1.807, 2.05) is 58.3 Å². The van der Waals surface area contributed by atoms with Crippen LogP contribution in [0.15, 0.2) is 48.5 Å². The lowest BCUT2D eigenvalue weighted by atomic mass is 9.93. The highest BCUT2D eigenvalue weighted by Gasteiger charge is 2.34. The van der Waals surface area contributed by atoms with Crippen molar-refractivity contribution in [3.8, 4) is 0 Å². The van der Waals surface area contributed by atoms with Crippen LogP contribution >= 0.6 is 11.6 Å². The van der Waals surface area contributed by atoms with Crippen LogP contribution in [0, 0.1) is 11.8 Å². The minimum Gasteiger partial charge on any atom is -0.366 e. The number of carbonyl (C=O) groups is 2. The van der Waals surface area contributed by atoms with Gasteiger partial charge >= 0.3 is 0 Å². The van der Waals surface area contributed by atoms with Crippen molar-refractivity contribution in [2.24, 2.45) is 11.8 Å². The summed E-state index contributed by atoms with van der Waals surface area (Å²) in [4.78, 5) is 32.9. The minimum atomic E-state index is -3.43. The smallest absolute Gasteiger partial charge is 0.232 e. The molecule has 41 heavy (non-hydrogen) atoms. The summed E-state index contributed by atoms with van der Waals surface area (Å²) in [6.45, 7) is 5.54. The number of hydrogen-bond acceptors (Lipinski definition) is 6. The van der Waals surface area contributed by atoms with Crippen molar-refractivity contribution in [2.75, 3.05) is 74.4 Å². The Bertz CT molecular complexity index is 1320. The molecule has 9 nitrogen and oxygen atoms in total. The van der Waals surface area contributed by atoms with Crippen molar-refractivity contribution in [1.82, 2.24) is 15.1 Å². The van der Waals surface area contributed by atoms with Gasteiger partial charge in [-0.3, -0.25) is 13.9 Å². The van der Waals surface area contributed by atoms with Gasteiger partial charge in [0, 0.05) is 70.3 Å². The van der Waals surface area contributed by atoms with Crippen LogP contribution in [0.1, 0.15) is 24.8 Å². The van der Waals surface area contributed by atoms with E-state index in [-0.39, 0.29) is 18.2 Å². The summed E-state index contributed by atoms with van der Waals surface area (Å²) < 4.78 is 27.0. The van der Waals surface area contributed by atoms with E-state index in [9.17, 15) is 18.0 Å². The number of piperazine rings is 2. The van der Waals surface area contributed by atoms with Gasteiger partial charge in [0.25, 0.3) is 0 Å². The van der Waals surface area contributed by atoms with Crippen molar-refractivity contribution in [1.29, 1.82) is 0 Å². The fraction of sp³-hybridized carbons (Fsp3) is 0.533. The molecule has 222 valence electrons. The van der Waals surface area contributed by atoms with Gasteiger partial charge in [-0.1, -0.05) is 35.9 Å². The van der Waals surface area contributed by atoms with Crippen LogP contribution in [0.4, 0.5) is 11.4 Å². The Morgan fingerprint density at radius 1 is 0.951 bits per heavy atom. The lowest BCUT2D eigenvalue weighted by Gasteiger charge is -2.39. The Labute approximate surface area is 248 Å². The zero-order valence-electron chi connectivity index (χ0n) is 23.7. The second kappa shape index (κ2) is 13.0. The van der Waals surface area contributed by atoms with E-state index < -0.39 is 15.9 Å². The Morgan fingerprint density at radius 3 is 2.24 bits per heavy atom. The lowest BCUT2D eigenvalue weighted by Crippen LogP contribution is -2.52. The summed E-state index contributed by atoms with van der Waals surface area (Å²) in [6, 6.07) is 15.1. The maximum atomic E-state index is 13.9. The highest BCUT2D eigenvalue weighted by molar-refractivity contribution is 7.92. The summed E-state index contributed by atoms with van der Waals surface area (Å²) >= 11 is 6.08. The number of nitrogens with one attached hydrogen (secondary N) is 1. The van der Waals surface area contributed by atoms with Gasteiger partial charge in [-0.15, -0.1) is 0 Å². The topological polar surface area (TPSA) is 93.3 Å². The molecule has 2 aliphatic heterocycles. The third-order valence-corrected chi connectivity index (χ3v) is 9.64. The summed E-state index contributed by atoms with van der Waals surface area (Å²) in [6.07, 6.45) is 4.04. The van der Waals surface area contributed by atoms with E-state index in [4.69, 9.17) is 11.6 Å². The molecule has 3 aliphatic rings. The third kappa shape index (κ3) is 7.72. The van der Waals surface area contributed by atoms with E-state index in [0.717, 1.165) is 37.2 Å². The van der Waals surface area contributed by atoms with Gasteiger partial charge < -0.3 is 20.0 Å². The standard InChI is InChI=1S/C30H40ClN5O4S/c1-41(39,40)36(22-24-6-7-24)28-5-3-2-4-27(28)33-16-18-35(19-17-33)30(38)25(20-23-8-10-26(31)11-9-23)21-29(37)34-14-12-32-13-15-34/h2-5,8-11,24-25,32H,6-7,12-22H2,1H3/t25-/m0/s1. The fourth-order valence-electron chi connectivity index (χ4n) is 5.72. The van der Waals surface area contributed by atoms with Crippen molar-refractivity contribution >= 4 is 44.8 Å². The van der Waals surface area contributed by atoms with Gasteiger partial charge in [-0.2, -0.15) is 0 Å². The average Bonchev–Trinajstić information content (AvgIpc) is 3.81. The van der Waals surface area contributed by atoms with Gasteiger partial charge in [0.15, 0.2) is 0 Å². The number of nitrogens with zero attached hydrogens (tertiary/aromatic N) is 4. The monoisotopic (exact) mass is 601 g/mol. The molecule has 2 aromatic rings. The molecule has 3 fully saturated rings. The Morgan fingerprint density at radius 2 is 1.61 bits per heavy atom. The summed E-state index contributed by atoms with van der Waals surface area (Å²) in [5.74, 6) is -0.0452. The zero-order chi connectivity index (χ0) is 29.0. The Kier molecular flexibility index (Phi) is 9.41. The number of amides is 2. The number of carbonyl (C=O) groups excluding carboxylic acids is 2. The fourth-order valence-corrected chi connectivity index (χ4v) is 6.84. The first-order valence-corrected chi connectivity index (χ1v) is 16.7. The molecule has 2 aromatic carbocycles. The molecule has 0 spiro atoms. The van der Waals surface area contributed by atoms with E-state index in [2.05, 4.69) is 10.2 Å². The molecule has 2 heterocycles. The van der Waals surface area contributed by atoms with Crippen LogP contribution in [0.3, 0.4) is 0 Å². The first-order valence-electron chi connectivity index (χ1n) is 14.5. The largest absolute Gasteiger partial charge is 0.366 e. The predicted octanol–water partition coefficient (Wildman–Crippen LogP) is 2.85. The van der Waals surface area contributed by atoms with Crippen LogP contribution in [0.25, 0.3) is 0 Å². The number of benzene rings is 2. The summed E-state index contributed by atoms with van der Waals surface area (Å²) in [5.41, 5.74) is 2.55. The predicted molar refractivity (Wildman–Crippen MR) is 163 cm³/mol. The molecular formula is C30H40ClN5O4S. The minimum absolute atomic E-state index is 0.0112.